The SMILES string of the molecule is CC(=O)Cc1nc(C2CCOCC2)no1. The molecule has 0 radical (unpaired) electrons. The van der Waals surface area contributed by atoms with Crippen molar-refractivity contribution in [2.75, 3.05) is 13.2 Å². The minimum absolute atomic E-state index is 0.0391. The van der Waals surface area contributed by atoms with Crippen LogP contribution < -0.4 is 0 Å². The van der Waals surface area contributed by atoms with Gasteiger partial charge in [-0.15, -0.1) is 0 Å². The highest BCUT2D eigenvalue weighted by Crippen LogP contribution is 2.24. The maximum Gasteiger partial charge on any atom is 0.234 e. The first-order valence-corrected chi connectivity index (χ1v) is 5.15. The summed E-state index contributed by atoms with van der Waals surface area (Å²) in [5.74, 6) is 1.50. The monoisotopic (exact) mass is 210 g/mol. The van der Waals surface area contributed by atoms with Crippen LogP contribution in [0.4, 0.5) is 0 Å². The van der Waals surface area contributed by atoms with Crippen molar-refractivity contribution in [1.82, 2.24) is 10.1 Å². The molecule has 0 aliphatic carbocycles. The molecule has 0 spiro atoms. The quantitative estimate of drug-likeness (QED) is 0.747. The number of Topliss-reactive ketones (excluding diaryl/α,β-unsaturated/α-hetero) is 1. The zero-order chi connectivity index (χ0) is 10.7. The fraction of sp³-hybridized carbons (Fsp3) is 0.700. The highest BCUT2D eigenvalue weighted by atomic mass is 16.5. The van der Waals surface area contributed by atoms with E-state index in [-0.39, 0.29) is 12.2 Å². The molecule has 82 valence electrons. The van der Waals surface area contributed by atoms with E-state index < -0.39 is 0 Å². The van der Waals surface area contributed by atoms with Gasteiger partial charge >= 0.3 is 0 Å². The van der Waals surface area contributed by atoms with E-state index in [2.05, 4.69) is 10.1 Å². The van der Waals surface area contributed by atoms with Gasteiger partial charge in [0.15, 0.2) is 5.82 Å². The Morgan fingerprint density at radius 2 is 2.20 bits per heavy atom. The third-order valence-corrected chi connectivity index (χ3v) is 2.47. The summed E-state index contributed by atoms with van der Waals surface area (Å²) >= 11 is 0. The topological polar surface area (TPSA) is 65.2 Å². The predicted molar refractivity (Wildman–Crippen MR) is 51.5 cm³/mol. The molecule has 0 saturated carbocycles. The summed E-state index contributed by atoms with van der Waals surface area (Å²) in [4.78, 5) is 15.1. The number of carbonyl (C=O) groups is 1. The smallest absolute Gasteiger partial charge is 0.234 e. The Kier molecular flexibility index (Phi) is 3.11. The summed E-state index contributed by atoms with van der Waals surface area (Å²) in [6, 6.07) is 0. The van der Waals surface area contributed by atoms with Gasteiger partial charge in [0.1, 0.15) is 5.78 Å². The zero-order valence-corrected chi connectivity index (χ0v) is 8.73. The lowest BCUT2D eigenvalue weighted by atomic mass is 10.00. The van der Waals surface area contributed by atoms with Gasteiger partial charge in [0.25, 0.3) is 0 Å². The van der Waals surface area contributed by atoms with Gasteiger partial charge in [-0.3, -0.25) is 4.79 Å². The molecular formula is C10H14N2O3. The molecule has 5 heteroatoms. The van der Waals surface area contributed by atoms with Crippen LogP contribution in [0.15, 0.2) is 4.52 Å². The van der Waals surface area contributed by atoms with E-state index in [1.54, 1.807) is 0 Å². The lowest BCUT2D eigenvalue weighted by molar-refractivity contribution is -0.116. The van der Waals surface area contributed by atoms with E-state index in [1.807, 2.05) is 0 Å². The van der Waals surface area contributed by atoms with Crippen molar-refractivity contribution in [1.29, 1.82) is 0 Å². The van der Waals surface area contributed by atoms with E-state index in [0.717, 1.165) is 31.9 Å². The van der Waals surface area contributed by atoms with Crippen LogP contribution in [0.25, 0.3) is 0 Å². The second kappa shape index (κ2) is 4.53. The first kappa shape index (κ1) is 10.3. The molecule has 0 unspecified atom stereocenters. The third-order valence-electron chi connectivity index (χ3n) is 2.47. The number of carbonyl (C=O) groups excluding carboxylic acids is 1. The van der Waals surface area contributed by atoms with Crippen LogP contribution in [0.5, 0.6) is 0 Å². The molecule has 0 atom stereocenters. The second-order valence-corrected chi connectivity index (χ2v) is 3.81. The van der Waals surface area contributed by atoms with E-state index in [1.165, 1.54) is 6.92 Å². The van der Waals surface area contributed by atoms with E-state index in [4.69, 9.17) is 9.26 Å². The van der Waals surface area contributed by atoms with Gasteiger partial charge in [0, 0.05) is 19.1 Å². The van der Waals surface area contributed by atoms with Gasteiger partial charge in [-0.25, -0.2) is 0 Å². The highest BCUT2D eigenvalue weighted by Gasteiger charge is 2.21. The molecule has 2 heterocycles. The van der Waals surface area contributed by atoms with Crippen LogP contribution >= 0.6 is 0 Å². The van der Waals surface area contributed by atoms with Gasteiger partial charge in [-0.05, 0) is 19.8 Å². The molecule has 2 rings (SSSR count). The molecule has 1 fully saturated rings. The van der Waals surface area contributed by atoms with Gasteiger partial charge in [-0.2, -0.15) is 4.98 Å². The van der Waals surface area contributed by atoms with E-state index in [0.29, 0.717) is 11.8 Å². The largest absolute Gasteiger partial charge is 0.381 e. The van der Waals surface area contributed by atoms with Crippen molar-refractivity contribution in [3.05, 3.63) is 11.7 Å². The van der Waals surface area contributed by atoms with E-state index >= 15 is 0 Å². The molecule has 5 nitrogen and oxygen atoms in total. The number of nitrogens with zero attached hydrogens (tertiary/aromatic N) is 2. The standard InChI is InChI=1S/C10H14N2O3/c1-7(13)6-9-11-10(12-15-9)8-2-4-14-5-3-8/h8H,2-6H2,1H3. The van der Waals surface area contributed by atoms with Gasteiger partial charge in [0.2, 0.25) is 5.89 Å². The number of hydrogen-bond donors (Lipinski definition) is 0. The summed E-state index contributed by atoms with van der Waals surface area (Å²) in [6.07, 6.45) is 2.09. The number of ketones is 1. The lowest BCUT2D eigenvalue weighted by Gasteiger charge is -2.18. The number of ether oxygens (including phenoxy) is 1. The molecule has 1 aliphatic heterocycles. The summed E-state index contributed by atoms with van der Waals surface area (Å²) in [6.45, 7) is 3.01. The predicted octanol–water partition coefficient (Wildman–Crippen LogP) is 1.10. The summed E-state index contributed by atoms with van der Waals surface area (Å²) in [5, 5.41) is 3.90. The molecule has 1 aromatic heterocycles. The van der Waals surface area contributed by atoms with Crippen molar-refractivity contribution >= 4 is 5.78 Å². The molecule has 0 N–H and O–H groups in total. The summed E-state index contributed by atoms with van der Waals surface area (Å²) < 4.78 is 10.3. The van der Waals surface area contributed by atoms with Crippen molar-refractivity contribution < 1.29 is 14.1 Å². The fourth-order valence-corrected chi connectivity index (χ4v) is 1.67. The van der Waals surface area contributed by atoms with Gasteiger partial charge in [0.05, 0.1) is 6.42 Å². The normalized spacial score (nSPS) is 17.9. The molecule has 1 aromatic rings. The Balaban J connectivity index is 2.02. The first-order chi connectivity index (χ1) is 7.25. The molecule has 0 bridgehead atoms. The Hall–Kier alpha value is -1.23. The average molecular weight is 210 g/mol. The maximum atomic E-state index is 10.9. The number of hydrogen-bond acceptors (Lipinski definition) is 5. The molecule has 15 heavy (non-hydrogen) atoms. The van der Waals surface area contributed by atoms with Gasteiger partial charge in [-0.1, -0.05) is 5.16 Å². The van der Waals surface area contributed by atoms with Crippen molar-refractivity contribution in [3.63, 3.8) is 0 Å². The van der Waals surface area contributed by atoms with Crippen LogP contribution in [0.3, 0.4) is 0 Å². The average Bonchev–Trinajstić information content (AvgIpc) is 2.67. The zero-order valence-electron chi connectivity index (χ0n) is 8.73. The third kappa shape index (κ3) is 2.62. The Morgan fingerprint density at radius 3 is 2.87 bits per heavy atom. The van der Waals surface area contributed by atoms with Crippen LogP contribution in [0.1, 0.15) is 37.4 Å². The fourth-order valence-electron chi connectivity index (χ4n) is 1.67. The molecule has 0 aromatic carbocycles. The van der Waals surface area contributed by atoms with Crippen LogP contribution in [-0.2, 0) is 16.0 Å². The Morgan fingerprint density at radius 1 is 1.47 bits per heavy atom. The van der Waals surface area contributed by atoms with E-state index in [9.17, 15) is 4.79 Å². The lowest BCUT2D eigenvalue weighted by Crippen LogP contribution is -2.15. The van der Waals surface area contributed by atoms with Crippen molar-refractivity contribution in [3.8, 4) is 0 Å². The highest BCUT2D eigenvalue weighted by molar-refractivity contribution is 5.77. The summed E-state index contributed by atoms with van der Waals surface area (Å²) in [7, 11) is 0. The minimum Gasteiger partial charge on any atom is -0.381 e. The minimum atomic E-state index is 0.0391. The van der Waals surface area contributed by atoms with Crippen molar-refractivity contribution in [2.45, 2.75) is 32.1 Å². The molecular weight excluding hydrogens is 196 g/mol. The summed E-state index contributed by atoms with van der Waals surface area (Å²) in [5.41, 5.74) is 0. The second-order valence-electron chi connectivity index (χ2n) is 3.81. The Labute approximate surface area is 87.8 Å². The molecule has 0 amide bonds. The van der Waals surface area contributed by atoms with Gasteiger partial charge < -0.3 is 9.26 Å². The van der Waals surface area contributed by atoms with Crippen LogP contribution in [0.2, 0.25) is 0 Å². The van der Waals surface area contributed by atoms with Crippen LogP contribution in [0, 0.1) is 0 Å². The maximum absolute atomic E-state index is 10.9. The van der Waals surface area contributed by atoms with Crippen molar-refractivity contribution in [2.24, 2.45) is 0 Å². The number of rotatable bonds is 3. The molecule has 1 saturated heterocycles. The van der Waals surface area contributed by atoms with Crippen LogP contribution in [-0.4, -0.2) is 29.1 Å². The number of aromatic nitrogens is 2. The Bertz CT molecular complexity index is 342. The first-order valence-electron chi connectivity index (χ1n) is 5.15. The molecule has 1 aliphatic rings.